The number of benzene rings is 1. The molecular weight excluding hydrogens is 228 g/mol. The molecule has 0 unspecified atom stereocenters. The molecule has 15 heavy (non-hydrogen) atoms. The summed E-state index contributed by atoms with van der Waals surface area (Å²) in [4.78, 5) is 0. The number of hydrogen-bond acceptors (Lipinski definition) is 3. The van der Waals surface area contributed by atoms with Gasteiger partial charge in [-0.05, 0) is 6.07 Å². The molecule has 0 radical (unpaired) electrons. The lowest BCUT2D eigenvalue weighted by Crippen LogP contribution is -2.13. The number of aromatic hydroxyl groups is 2. The molecule has 0 bridgehead atoms. The first kappa shape index (κ1) is 13.9. The molecule has 0 aromatic heterocycles. The van der Waals surface area contributed by atoms with Crippen LogP contribution in [0.5, 0.6) is 11.5 Å². The van der Waals surface area contributed by atoms with Crippen molar-refractivity contribution in [3.05, 3.63) is 23.8 Å². The summed E-state index contributed by atoms with van der Waals surface area (Å²) in [7, 11) is 0. The normalized spacial score (nSPS) is 12.3. The Labute approximate surface area is 91.9 Å². The second-order valence-electron chi connectivity index (χ2n) is 2.98. The third-order valence-corrected chi connectivity index (χ3v) is 1.85. The molecule has 0 spiro atoms. The fourth-order valence-corrected chi connectivity index (χ4v) is 1.16. The van der Waals surface area contributed by atoms with Crippen LogP contribution in [0.3, 0.4) is 0 Å². The number of alkyl halides is 2. The average Bonchev–Trinajstić information content (AvgIpc) is 2.01. The van der Waals surface area contributed by atoms with Crippen molar-refractivity contribution in [2.75, 3.05) is 0 Å². The van der Waals surface area contributed by atoms with E-state index in [-0.39, 0.29) is 29.5 Å². The Balaban J connectivity index is 0.00000196. The van der Waals surface area contributed by atoms with Gasteiger partial charge in [0.05, 0.1) is 0 Å². The first-order valence-electron chi connectivity index (χ1n) is 4.06. The first-order chi connectivity index (χ1) is 6.50. The minimum Gasteiger partial charge on any atom is -0.508 e. The standard InChI is InChI=1S/C9H11F2NO2.ClH/c10-9(11)4-7(12)6-2-1-5(13)3-8(6)14;/h1-3,7,9,13-14H,4,12H2;1H/t7-;/m0./s1. The Kier molecular flexibility index (Phi) is 5.32. The molecule has 0 aliphatic heterocycles. The summed E-state index contributed by atoms with van der Waals surface area (Å²) in [5.74, 6) is -0.395. The molecule has 1 aromatic rings. The predicted molar refractivity (Wildman–Crippen MR) is 54.6 cm³/mol. The quantitative estimate of drug-likeness (QED) is 0.757. The highest BCUT2D eigenvalue weighted by atomic mass is 35.5. The van der Waals surface area contributed by atoms with Gasteiger partial charge in [0.25, 0.3) is 0 Å². The van der Waals surface area contributed by atoms with Crippen molar-refractivity contribution in [2.24, 2.45) is 5.73 Å². The highest BCUT2D eigenvalue weighted by molar-refractivity contribution is 5.85. The van der Waals surface area contributed by atoms with Crippen molar-refractivity contribution in [3.63, 3.8) is 0 Å². The van der Waals surface area contributed by atoms with Gasteiger partial charge in [-0.15, -0.1) is 12.4 Å². The summed E-state index contributed by atoms with van der Waals surface area (Å²) in [6.45, 7) is 0. The van der Waals surface area contributed by atoms with E-state index in [2.05, 4.69) is 0 Å². The van der Waals surface area contributed by atoms with Crippen LogP contribution in [0.2, 0.25) is 0 Å². The number of phenols is 2. The van der Waals surface area contributed by atoms with E-state index in [0.717, 1.165) is 6.07 Å². The Morgan fingerprint density at radius 2 is 1.87 bits per heavy atom. The van der Waals surface area contributed by atoms with Gasteiger partial charge in [0.2, 0.25) is 6.43 Å². The molecule has 0 heterocycles. The highest BCUT2D eigenvalue weighted by Gasteiger charge is 2.16. The molecule has 86 valence electrons. The smallest absolute Gasteiger partial charge is 0.240 e. The number of nitrogens with two attached hydrogens (primary N) is 1. The maximum absolute atomic E-state index is 12.0. The monoisotopic (exact) mass is 239 g/mol. The van der Waals surface area contributed by atoms with Crippen LogP contribution >= 0.6 is 12.4 Å². The third kappa shape index (κ3) is 3.89. The first-order valence-corrected chi connectivity index (χ1v) is 4.06. The summed E-state index contributed by atoms with van der Waals surface area (Å²) >= 11 is 0. The van der Waals surface area contributed by atoms with E-state index in [4.69, 9.17) is 10.8 Å². The van der Waals surface area contributed by atoms with E-state index < -0.39 is 18.9 Å². The highest BCUT2D eigenvalue weighted by Crippen LogP contribution is 2.29. The number of hydrogen-bond donors (Lipinski definition) is 3. The molecule has 0 saturated carbocycles. The van der Waals surface area contributed by atoms with Crippen LogP contribution in [0.25, 0.3) is 0 Å². The molecule has 1 atom stereocenters. The zero-order valence-electron chi connectivity index (χ0n) is 7.73. The van der Waals surface area contributed by atoms with Crippen molar-refractivity contribution in [3.8, 4) is 11.5 Å². The van der Waals surface area contributed by atoms with Crippen molar-refractivity contribution in [1.29, 1.82) is 0 Å². The van der Waals surface area contributed by atoms with Crippen molar-refractivity contribution >= 4 is 12.4 Å². The lowest BCUT2D eigenvalue weighted by molar-refractivity contribution is 0.128. The minimum atomic E-state index is -2.52. The maximum atomic E-state index is 12.0. The predicted octanol–water partition coefficient (Wildman–Crippen LogP) is 2.17. The van der Waals surface area contributed by atoms with Crippen LogP contribution in [-0.4, -0.2) is 16.6 Å². The Hall–Kier alpha value is -1.07. The van der Waals surface area contributed by atoms with E-state index in [9.17, 15) is 13.9 Å². The van der Waals surface area contributed by atoms with Gasteiger partial charge >= 0.3 is 0 Å². The zero-order valence-corrected chi connectivity index (χ0v) is 8.55. The van der Waals surface area contributed by atoms with Gasteiger partial charge in [0.1, 0.15) is 11.5 Å². The van der Waals surface area contributed by atoms with E-state index in [1.165, 1.54) is 12.1 Å². The van der Waals surface area contributed by atoms with Crippen LogP contribution in [0, 0.1) is 0 Å². The van der Waals surface area contributed by atoms with Gasteiger partial charge in [-0.1, -0.05) is 6.07 Å². The molecule has 0 fully saturated rings. The van der Waals surface area contributed by atoms with Crippen LogP contribution in [0.4, 0.5) is 8.78 Å². The Morgan fingerprint density at radius 3 is 2.33 bits per heavy atom. The van der Waals surface area contributed by atoms with E-state index in [0.29, 0.717) is 0 Å². The van der Waals surface area contributed by atoms with Crippen LogP contribution in [0.15, 0.2) is 18.2 Å². The molecule has 0 aliphatic carbocycles. The number of halogens is 3. The van der Waals surface area contributed by atoms with E-state index in [1.54, 1.807) is 0 Å². The van der Waals surface area contributed by atoms with Crippen molar-refractivity contribution in [1.82, 2.24) is 0 Å². The Bertz CT molecular complexity index is 323. The zero-order chi connectivity index (χ0) is 10.7. The van der Waals surface area contributed by atoms with E-state index >= 15 is 0 Å². The summed E-state index contributed by atoms with van der Waals surface area (Å²) in [6, 6.07) is 2.77. The number of phenolic OH excluding ortho intramolecular Hbond substituents is 2. The second kappa shape index (κ2) is 5.72. The van der Waals surface area contributed by atoms with Gasteiger partial charge in [-0.3, -0.25) is 0 Å². The molecule has 1 aromatic carbocycles. The van der Waals surface area contributed by atoms with Crippen LogP contribution in [0.1, 0.15) is 18.0 Å². The summed E-state index contributed by atoms with van der Waals surface area (Å²) in [6.07, 6.45) is -3.03. The minimum absolute atomic E-state index is 0. The van der Waals surface area contributed by atoms with Gasteiger partial charge in [0, 0.05) is 24.1 Å². The molecular formula is C9H12ClF2NO2. The summed E-state index contributed by atoms with van der Waals surface area (Å²) in [5, 5.41) is 18.2. The van der Waals surface area contributed by atoms with Crippen molar-refractivity contribution < 1.29 is 19.0 Å². The molecule has 0 amide bonds. The van der Waals surface area contributed by atoms with Gasteiger partial charge in [0.15, 0.2) is 0 Å². The molecule has 0 saturated heterocycles. The third-order valence-electron chi connectivity index (χ3n) is 1.85. The topological polar surface area (TPSA) is 66.5 Å². The molecule has 4 N–H and O–H groups in total. The lowest BCUT2D eigenvalue weighted by atomic mass is 10.0. The molecule has 6 heteroatoms. The molecule has 1 rings (SSSR count). The summed E-state index contributed by atoms with van der Waals surface area (Å²) in [5.41, 5.74) is 5.64. The Morgan fingerprint density at radius 1 is 1.27 bits per heavy atom. The SMILES string of the molecule is Cl.N[C@@H](CC(F)F)c1ccc(O)cc1O. The van der Waals surface area contributed by atoms with Crippen LogP contribution < -0.4 is 5.73 Å². The van der Waals surface area contributed by atoms with Gasteiger partial charge in [-0.25, -0.2) is 8.78 Å². The molecule has 0 aliphatic rings. The maximum Gasteiger partial charge on any atom is 0.240 e. The van der Waals surface area contributed by atoms with Crippen LogP contribution in [-0.2, 0) is 0 Å². The second-order valence-corrected chi connectivity index (χ2v) is 2.98. The fourth-order valence-electron chi connectivity index (χ4n) is 1.16. The van der Waals surface area contributed by atoms with Gasteiger partial charge in [-0.2, -0.15) is 0 Å². The fraction of sp³-hybridized carbons (Fsp3) is 0.333. The lowest BCUT2D eigenvalue weighted by Gasteiger charge is -2.12. The molecule has 3 nitrogen and oxygen atoms in total. The number of rotatable bonds is 3. The van der Waals surface area contributed by atoms with E-state index in [1.807, 2.05) is 0 Å². The largest absolute Gasteiger partial charge is 0.508 e. The van der Waals surface area contributed by atoms with Crippen molar-refractivity contribution in [2.45, 2.75) is 18.9 Å². The average molecular weight is 240 g/mol. The summed E-state index contributed by atoms with van der Waals surface area (Å²) < 4.78 is 23.9. The van der Waals surface area contributed by atoms with Gasteiger partial charge < -0.3 is 15.9 Å².